The number of hydrogen-bond donors (Lipinski definition) is 0. The zero-order valence-electron chi connectivity index (χ0n) is 5.14. The van der Waals surface area contributed by atoms with E-state index in [1.54, 1.807) is 0 Å². The smallest absolute Gasteiger partial charge is 0.0703 e. The van der Waals surface area contributed by atoms with Gasteiger partial charge in [0, 0.05) is 12.0 Å². The SMILES string of the molecule is CC1=CN=C(C)SC1. The molecule has 0 aliphatic carbocycles. The molecule has 0 saturated carbocycles. The fourth-order valence-electron chi connectivity index (χ4n) is 0.494. The van der Waals surface area contributed by atoms with Crippen LogP contribution in [0, 0.1) is 0 Å². The van der Waals surface area contributed by atoms with E-state index in [0.29, 0.717) is 0 Å². The molecule has 0 aromatic rings. The molecule has 0 radical (unpaired) electrons. The van der Waals surface area contributed by atoms with Crippen LogP contribution in [0.25, 0.3) is 0 Å². The average molecular weight is 127 g/mol. The van der Waals surface area contributed by atoms with Gasteiger partial charge >= 0.3 is 0 Å². The number of hydrogen-bond acceptors (Lipinski definition) is 2. The molecule has 0 unspecified atom stereocenters. The average Bonchev–Trinajstić information content (AvgIpc) is 1.77. The van der Waals surface area contributed by atoms with Gasteiger partial charge in [-0.05, 0) is 19.4 Å². The highest BCUT2D eigenvalue weighted by molar-refractivity contribution is 8.14. The summed E-state index contributed by atoms with van der Waals surface area (Å²) in [7, 11) is 0. The summed E-state index contributed by atoms with van der Waals surface area (Å²) in [4.78, 5) is 4.13. The second-order valence-corrected chi connectivity index (χ2v) is 3.08. The van der Waals surface area contributed by atoms with Gasteiger partial charge in [0.15, 0.2) is 0 Å². The number of aliphatic imine (C=N–C) groups is 1. The van der Waals surface area contributed by atoms with Gasteiger partial charge in [0.05, 0.1) is 5.04 Å². The summed E-state index contributed by atoms with van der Waals surface area (Å²) >= 11 is 1.81. The van der Waals surface area contributed by atoms with Crippen molar-refractivity contribution in [2.24, 2.45) is 4.99 Å². The molecule has 0 saturated heterocycles. The van der Waals surface area contributed by atoms with Crippen molar-refractivity contribution in [1.29, 1.82) is 0 Å². The predicted molar refractivity (Wildman–Crippen MR) is 39.3 cm³/mol. The molecule has 1 rings (SSSR count). The Labute approximate surface area is 53.9 Å². The van der Waals surface area contributed by atoms with Crippen molar-refractivity contribution in [3.05, 3.63) is 11.8 Å². The standard InChI is InChI=1S/C6H9NS/c1-5-3-7-6(2)8-4-5/h3H,4H2,1-2H3. The van der Waals surface area contributed by atoms with Crippen molar-refractivity contribution in [2.45, 2.75) is 13.8 Å². The molecule has 0 fully saturated rings. The third-order valence-electron chi connectivity index (χ3n) is 0.975. The third kappa shape index (κ3) is 1.37. The molecule has 0 amide bonds. The van der Waals surface area contributed by atoms with Gasteiger partial charge in [0.25, 0.3) is 0 Å². The van der Waals surface area contributed by atoms with Crippen molar-refractivity contribution in [1.82, 2.24) is 0 Å². The van der Waals surface area contributed by atoms with Crippen LogP contribution in [-0.2, 0) is 0 Å². The van der Waals surface area contributed by atoms with Gasteiger partial charge in [-0.15, -0.1) is 11.8 Å². The van der Waals surface area contributed by atoms with Crippen molar-refractivity contribution < 1.29 is 0 Å². The molecular formula is C6H9NS. The van der Waals surface area contributed by atoms with Crippen LogP contribution >= 0.6 is 11.8 Å². The van der Waals surface area contributed by atoms with Crippen LogP contribution in [0.5, 0.6) is 0 Å². The van der Waals surface area contributed by atoms with E-state index >= 15 is 0 Å². The summed E-state index contributed by atoms with van der Waals surface area (Å²) in [5, 5.41) is 1.18. The van der Waals surface area contributed by atoms with Gasteiger partial charge in [-0.25, -0.2) is 0 Å². The van der Waals surface area contributed by atoms with Crippen LogP contribution in [0.1, 0.15) is 13.8 Å². The normalized spacial score (nSPS) is 19.8. The minimum atomic E-state index is 1.12. The predicted octanol–water partition coefficient (Wildman–Crippen LogP) is 2.06. The lowest BCUT2D eigenvalue weighted by Crippen LogP contribution is -1.93. The largest absolute Gasteiger partial charge is 0.255 e. The van der Waals surface area contributed by atoms with Gasteiger partial charge in [-0.1, -0.05) is 0 Å². The zero-order chi connectivity index (χ0) is 5.98. The number of nitrogens with zero attached hydrogens (tertiary/aromatic N) is 1. The maximum atomic E-state index is 4.13. The van der Waals surface area contributed by atoms with E-state index in [1.807, 2.05) is 24.9 Å². The van der Waals surface area contributed by atoms with Crippen LogP contribution in [0.3, 0.4) is 0 Å². The van der Waals surface area contributed by atoms with Crippen molar-refractivity contribution >= 4 is 16.8 Å². The van der Waals surface area contributed by atoms with Gasteiger partial charge < -0.3 is 0 Å². The van der Waals surface area contributed by atoms with E-state index < -0.39 is 0 Å². The molecule has 0 aromatic carbocycles. The lowest BCUT2D eigenvalue weighted by Gasteiger charge is -2.04. The first-order valence-corrected chi connectivity index (χ1v) is 3.60. The Hall–Kier alpha value is -0.240. The quantitative estimate of drug-likeness (QED) is 0.485. The van der Waals surface area contributed by atoms with Gasteiger partial charge in [-0.2, -0.15) is 0 Å². The number of thioether (sulfide) groups is 1. The Balaban J connectivity index is 2.65. The first-order valence-electron chi connectivity index (χ1n) is 2.62. The fourth-order valence-corrected chi connectivity index (χ4v) is 1.13. The summed E-state index contributed by atoms with van der Waals surface area (Å²) in [5.41, 5.74) is 1.36. The Morgan fingerprint density at radius 2 is 2.38 bits per heavy atom. The first-order chi connectivity index (χ1) is 3.79. The number of rotatable bonds is 0. The second-order valence-electron chi connectivity index (χ2n) is 1.91. The molecular weight excluding hydrogens is 118 g/mol. The Kier molecular flexibility index (Phi) is 1.73. The van der Waals surface area contributed by atoms with Gasteiger partial charge in [0.1, 0.15) is 0 Å². The fraction of sp³-hybridized carbons (Fsp3) is 0.500. The first kappa shape index (κ1) is 5.89. The lowest BCUT2D eigenvalue weighted by atomic mass is 10.4. The third-order valence-corrected chi connectivity index (χ3v) is 2.10. The molecule has 1 aliphatic heterocycles. The Morgan fingerprint density at radius 1 is 1.62 bits per heavy atom. The maximum absolute atomic E-state index is 4.13. The van der Waals surface area contributed by atoms with Crippen LogP contribution in [0.4, 0.5) is 0 Å². The van der Waals surface area contributed by atoms with E-state index in [2.05, 4.69) is 11.9 Å². The van der Waals surface area contributed by atoms with Crippen LogP contribution in [0.15, 0.2) is 16.8 Å². The molecule has 0 atom stereocenters. The van der Waals surface area contributed by atoms with Crippen molar-refractivity contribution in [3.63, 3.8) is 0 Å². The summed E-state index contributed by atoms with van der Waals surface area (Å²) in [6.07, 6.45) is 1.94. The molecule has 1 aliphatic rings. The maximum Gasteiger partial charge on any atom is 0.0703 e. The molecule has 0 spiro atoms. The zero-order valence-corrected chi connectivity index (χ0v) is 5.96. The highest BCUT2D eigenvalue weighted by atomic mass is 32.2. The Morgan fingerprint density at radius 3 is 2.75 bits per heavy atom. The molecule has 0 aromatic heterocycles. The molecule has 1 heterocycles. The van der Waals surface area contributed by atoms with Crippen LogP contribution in [0.2, 0.25) is 0 Å². The summed E-state index contributed by atoms with van der Waals surface area (Å²) in [5.74, 6) is 1.12. The second kappa shape index (κ2) is 2.35. The van der Waals surface area contributed by atoms with E-state index in [9.17, 15) is 0 Å². The minimum Gasteiger partial charge on any atom is -0.255 e. The molecule has 0 N–H and O–H groups in total. The minimum absolute atomic E-state index is 1.12. The van der Waals surface area contributed by atoms with Crippen molar-refractivity contribution in [3.8, 4) is 0 Å². The van der Waals surface area contributed by atoms with E-state index in [1.165, 1.54) is 10.6 Å². The molecule has 0 bridgehead atoms. The van der Waals surface area contributed by atoms with Gasteiger partial charge in [0.2, 0.25) is 0 Å². The molecule has 1 nitrogen and oxygen atoms in total. The highest BCUT2D eigenvalue weighted by Crippen LogP contribution is 2.14. The molecule has 2 heteroatoms. The summed E-state index contributed by atoms with van der Waals surface area (Å²) in [6, 6.07) is 0. The highest BCUT2D eigenvalue weighted by Gasteiger charge is 1.97. The topological polar surface area (TPSA) is 12.4 Å². The molecule has 44 valence electrons. The van der Waals surface area contributed by atoms with E-state index in [0.717, 1.165) is 5.75 Å². The molecule has 8 heavy (non-hydrogen) atoms. The summed E-state index contributed by atoms with van der Waals surface area (Å²) < 4.78 is 0. The van der Waals surface area contributed by atoms with E-state index in [-0.39, 0.29) is 0 Å². The summed E-state index contributed by atoms with van der Waals surface area (Å²) in [6.45, 7) is 4.14. The Bertz CT molecular complexity index is 129. The monoisotopic (exact) mass is 127 g/mol. The van der Waals surface area contributed by atoms with Crippen LogP contribution in [-0.4, -0.2) is 10.8 Å². The lowest BCUT2D eigenvalue weighted by molar-refractivity contribution is 1.34. The van der Waals surface area contributed by atoms with Crippen LogP contribution < -0.4 is 0 Å². The van der Waals surface area contributed by atoms with Crippen molar-refractivity contribution in [2.75, 3.05) is 5.75 Å². The van der Waals surface area contributed by atoms with Gasteiger partial charge in [-0.3, -0.25) is 4.99 Å². The van der Waals surface area contributed by atoms with E-state index in [4.69, 9.17) is 0 Å².